The second-order valence-corrected chi connectivity index (χ2v) is 9.54. The van der Waals surface area contributed by atoms with Crippen LogP contribution in [0.3, 0.4) is 0 Å². The molecule has 1 N–H and O–H groups in total. The zero-order valence-electron chi connectivity index (χ0n) is 20.0. The number of carbonyl (C=O) groups excluding carboxylic acids is 1. The van der Waals surface area contributed by atoms with Crippen LogP contribution in [0.15, 0.2) is 53.1 Å². The lowest BCUT2D eigenvalue weighted by Crippen LogP contribution is -2.44. The second-order valence-electron chi connectivity index (χ2n) is 9.54. The average molecular weight is 447 g/mol. The maximum absolute atomic E-state index is 13.2. The quantitative estimate of drug-likeness (QED) is 0.548. The van der Waals surface area contributed by atoms with E-state index >= 15 is 0 Å². The van der Waals surface area contributed by atoms with Crippen LogP contribution in [0.5, 0.6) is 0 Å². The smallest absolute Gasteiger partial charge is 0.241 e. The molecular formula is C27H34N4O2. The fourth-order valence-electron chi connectivity index (χ4n) is 4.64. The van der Waals surface area contributed by atoms with Gasteiger partial charge in [0.15, 0.2) is 0 Å². The number of benzene rings is 2. The summed E-state index contributed by atoms with van der Waals surface area (Å²) in [5.74, 6) is 1.61. The Hall–Kier alpha value is -2.99. The molecule has 174 valence electrons. The summed E-state index contributed by atoms with van der Waals surface area (Å²) >= 11 is 0. The zero-order valence-corrected chi connectivity index (χ0v) is 20.0. The summed E-state index contributed by atoms with van der Waals surface area (Å²) in [7, 11) is 0. The highest BCUT2D eigenvalue weighted by atomic mass is 16.5. The van der Waals surface area contributed by atoms with Crippen molar-refractivity contribution in [2.24, 2.45) is 11.8 Å². The number of piperidine rings is 1. The number of amides is 1. The molecule has 0 saturated carbocycles. The van der Waals surface area contributed by atoms with Crippen LogP contribution in [0, 0.1) is 25.7 Å². The van der Waals surface area contributed by atoms with Gasteiger partial charge in [0.1, 0.15) is 0 Å². The van der Waals surface area contributed by atoms with Crippen molar-refractivity contribution in [1.82, 2.24) is 20.4 Å². The van der Waals surface area contributed by atoms with E-state index < -0.39 is 0 Å². The highest BCUT2D eigenvalue weighted by molar-refractivity contribution is 5.79. The molecule has 2 atom stereocenters. The van der Waals surface area contributed by atoms with Crippen LogP contribution in [-0.2, 0) is 11.3 Å². The van der Waals surface area contributed by atoms with E-state index in [1.165, 1.54) is 11.1 Å². The largest absolute Gasteiger partial charge is 0.349 e. The van der Waals surface area contributed by atoms with Gasteiger partial charge in [0, 0.05) is 12.1 Å². The molecule has 0 radical (unpaired) electrons. The van der Waals surface area contributed by atoms with Gasteiger partial charge in [-0.25, -0.2) is 0 Å². The fourth-order valence-corrected chi connectivity index (χ4v) is 4.64. The van der Waals surface area contributed by atoms with Gasteiger partial charge < -0.3 is 9.84 Å². The number of aryl methyl sites for hydroxylation is 2. The average Bonchev–Trinajstić information content (AvgIpc) is 3.26. The van der Waals surface area contributed by atoms with Crippen LogP contribution in [0.4, 0.5) is 0 Å². The summed E-state index contributed by atoms with van der Waals surface area (Å²) in [5.41, 5.74) is 4.52. The van der Waals surface area contributed by atoms with Crippen molar-refractivity contribution in [3.8, 4) is 11.4 Å². The summed E-state index contributed by atoms with van der Waals surface area (Å²) in [6.07, 6.45) is 1.88. The molecule has 1 fully saturated rings. The predicted octanol–water partition coefficient (Wildman–Crippen LogP) is 5.08. The van der Waals surface area contributed by atoms with Gasteiger partial charge in [-0.05, 0) is 56.3 Å². The van der Waals surface area contributed by atoms with Gasteiger partial charge in [-0.15, -0.1) is 0 Å². The first-order valence-electron chi connectivity index (χ1n) is 11.9. The number of nitrogens with one attached hydrogen (secondary N) is 1. The fraction of sp³-hybridized carbons (Fsp3) is 0.444. The van der Waals surface area contributed by atoms with Crippen molar-refractivity contribution in [3.05, 3.63) is 71.1 Å². The number of hydrogen-bond acceptors (Lipinski definition) is 5. The van der Waals surface area contributed by atoms with Gasteiger partial charge in [0.2, 0.25) is 17.6 Å². The molecule has 1 amide bonds. The van der Waals surface area contributed by atoms with Gasteiger partial charge in [-0.2, -0.15) is 4.98 Å². The first-order valence-corrected chi connectivity index (χ1v) is 11.9. The molecule has 3 aromatic rings. The molecule has 1 aliphatic heterocycles. The maximum atomic E-state index is 13.2. The van der Waals surface area contributed by atoms with E-state index in [1.54, 1.807) is 0 Å². The Morgan fingerprint density at radius 2 is 2.00 bits per heavy atom. The van der Waals surface area contributed by atoms with Crippen LogP contribution >= 0.6 is 0 Å². The monoisotopic (exact) mass is 446 g/mol. The van der Waals surface area contributed by atoms with E-state index in [2.05, 4.69) is 59.3 Å². The Balaban J connectivity index is 1.39. The number of hydrogen-bond donors (Lipinski definition) is 1. The maximum Gasteiger partial charge on any atom is 0.241 e. The van der Waals surface area contributed by atoms with Crippen molar-refractivity contribution in [1.29, 1.82) is 0 Å². The molecule has 0 spiro atoms. The first-order chi connectivity index (χ1) is 15.9. The molecule has 1 aliphatic rings. The molecule has 4 rings (SSSR count). The van der Waals surface area contributed by atoms with E-state index in [4.69, 9.17) is 4.52 Å². The standard InChI is InChI=1S/C27H34N4O2/c1-18(2)25(23-13-6-5-10-20(23)4)29-27(32)22-12-8-14-31(16-22)17-24-28-26(30-33-24)21-11-7-9-19(3)15-21/h5-7,9-11,13,15,18,22,25H,8,12,14,16-17H2,1-4H3,(H,29,32). The first kappa shape index (κ1) is 23.2. The SMILES string of the molecule is Cc1cccc(-c2noc(CN3CCCC(C(=O)NC(c4ccccc4C)C(C)C)C3)n2)c1. The molecule has 33 heavy (non-hydrogen) atoms. The van der Waals surface area contributed by atoms with Crippen LogP contribution in [0.2, 0.25) is 0 Å². The third kappa shape index (κ3) is 5.69. The lowest BCUT2D eigenvalue weighted by Gasteiger charge is -2.33. The molecule has 1 saturated heterocycles. The summed E-state index contributed by atoms with van der Waals surface area (Å²) in [6, 6.07) is 16.4. The minimum Gasteiger partial charge on any atom is -0.349 e. The Kier molecular flexibility index (Phi) is 7.23. The number of likely N-dealkylation sites (tertiary alicyclic amines) is 1. The molecular weight excluding hydrogens is 412 g/mol. The van der Waals surface area contributed by atoms with Crippen LogP contribution < -0.4 is 5.32 Å². The van der Waals surface area contributed by atoms with E-state index in [0.29, 0.717) is 30.7 Å². The highest BCUT2D eigenvalue weighted by Gasteiger charge is 2.29. The Bertz CT molecular complexity index is 1090. The van der Waals surface area contributed by atoms with Crippen LogP contribution in [0.25, 0.3) is 11.4 Å². The van der Waals surface area contributed by atoms with Crippen molar-refractivity contribution >= 4 is 5.91 Å². The van der Waals surface area contributed by atoms with Gasteiger partial charge in [-0.3, -0.25) is 9.69 Å². The summed E-state index contributed by atoms with van der Waals surface area (Å²) in [4.78, 5) is 20.1. The van der Waals surface area contributed by atoms with Gasteiger partial charge >= 0.3 is 0 Å². The zero-order chi connectivity index (χ0) is 23.4. The Morgan fingerprint density at radius 1 is 1.18 bits per heavy atom. The molecule has 2 unspecified atom stereocenters. The van der Waals surface area contributed by atoms with Gasteiger partial charge in [0.05, 0.1) is 18.5 Å². The predicted molar refractivity (Wildman–Crippen MR) is 129 cm³/mol. The topological polar surface area (TPSA) is 71.3 Å². The molecule has 0 aliphatic carbocycles. The Morgan fingerprint density at radius 3 is 2.76 bits per heavy atom. The number of rotatable bonds is 7. The summed E-state index contributed by atoms with van der Waals surface area (Å²) in [6.45, 7) is 10.7. The van der Waals surface area contributed by atoms with E-state index in [1.807, 2.05) is 37.3 Å². The third-order valence-electron chi connectivity index (χ3n) is 6.47. The molecule has 0 bridgehead atoms. The summed E-state index contributed by atoms with van der Waals surface area (Å²) in [5, 5.41) is 7.50. The Labute approximate surface area is 196 Å². The third-order valence-corrected chi connectivity index (χ3v) is 6.47. The normalized spacial score (nSPS) is 17.8. The molecule has 2 heterocycles. The van der Waals surface area contributed by atoms with E-state index in [-0.39, 0.29) is 17.9 Å². The van der Waals surface area contributed by atoms with E-state index in [9.17, 15) is 4.79 Å². The van der Waals surface area contributed by atoms with Crippen LogP contribution in [-0.4, -0.2) is 34.0 Å². The van der Waals surface area contributed by atoms with Crippen molar-refractivity contribution in [2.75, 3.05) is 13.1 Å². The number of nitrogens with zero attached hydrogens (tertiary/aromatic N) is 3. The number of aromatic nitrogens is 2. The van der Waals surface area contributed by atoms with Crippen molar-refractivity contribution in [2.45, 2.75) is 53.1 Å². The van der Waals surface area contributed by atoms with Gasteiger partial charge in [0.25, 0.3) is 0 Å². The van der Waals surface area contributed by atoms with Gasteiger partial charge in [-0.1, -0.05) is 67.0 Å². The minimum atomic E-state index is -0.0387. The van der Waals surface area contributed by atoms with Crippen LogP contribution in [0.1, 0.15) is 55.3 Å². The molecule has 6 heteroatoms. The van der Waals surface area contributed by atoms with Crippen molar-refractivity contribution < 1.29 is 9.32 Å². The number of carbonyl (C=O) groups is 1. The highest BCUT2D eigenvalue weighted by Crippen LogP contribution is 2.27. The molecule has 1 aromatic heterocycles. The lowest BCUT2D eigenvalue weighted by atomic mass is 9.91. The lowest BCUT2D eigenvalue weighted by molar-refractivity contribution is -0.128. The second kappa shape index (κ2) is 10.3. The summed E-state index contributed by atoms with van der Waals surface area (Å²) < 4.78 is 5.52. The van der Waals surface area contributed by atoms with Crippen molar-refractivity contribution in [3.63, 3.8) is 0 Å². The molecule has 6 nitrogen and oxygen atoms in total. The van der Waals surface area contributed by atoms with E-state index in [0.717, 1.165) is 30.5 Å². The minimum absolute atomic E-state index is 0.0157. The molecule has 2 aromatic carbocycles.